The van der Waals surface area contributed by atoms with Gasteiger partial charge in [-0.2, -0.15) is 0 Å². The first-order valence-corrected chi connectivity index (χ1v) is 8.50. The van der Waals surface area contributed by atoms with Crippen LogP contribution in [0.4, 0.5) is 0 Å². The normalized spacial score (nSPS) is 10.9. The Kier molecular flexibility index (Phi) is 4.05. The van der Waals surface area contributed by atoms with Crippen molar-refractivity contribution in [3.05, 3.63) is 82.8 Å². The molecule has 0 radical (unpaired) electrons. The van der Waals surface area contributed by atoms with E-state index in [-0.39, 0.29) is 0 Å². The average molecular weight is 379 g/mol. The number of hydrogen-bond donors (Lipinski definition) is 1. The molecule has 3 nitrogen and oxygen atoms in total. The molecule has 3 aromatic carbocycles. The largest absolute Gasteiger partial charge is 0.488 e. The molecule has 118 valence electrons. The zero-order valence-electron chi connectivity index (χ0n) is 12.9. The maximum atomic E-state index is 5.97. The van der Waals surface area contributed by atoms with Crippen molar-refractivity contribution < 1.29 is 4.74 Å². The SMILES string of the molecule is Brc1ccc(-c2nc3ccccc3[nH]2)cc1OCc1ccccc1. The van der Waals surface area contributed by atoms with Crippen LogP contribution in [0.1, 0.15) is 5.56 Å². The van der Waals surface area contributed by atoms with E-state index < -0.39 is 0 Å². The van der Waals surface area contributed by atoms with Crippen molar-refractivity contribution in [2.45, 2.75) is 6.61 Å². The number of hydrogen-bond acceptors (Lipinski definition) is 2. The number of H-pyrrole nitrogens is 1. The fourth-order valence-corrected chi connectivity index (χ4v) is 2.95. The van der Waals surface area contributed by atoms with E-state index in [0.29, 0.717) is 6.61 Å². The van der Waals surface area contributed by atoms with Crippen molar-refractivity contribution in [3.63, 3.8) is 0 Å². The quantitative estimate of drug-likeness (QED) is 0.503. The average Bonchev–Trinajstić information content (AvgIpc) is 3.06. The molecule has 4 aromatic rings. The van der Waals surface area contributed by atoms with Crippen LogP contribution in [0.3, 0.4) is 0 Å². The zero-order chi connectivity index (χ0) is 16.4. The summed E-state index contributed by atoms with van der Waals surface area (Å²) in [5.74, 6) is 1.64. The number of halogens is 1. The lowest BCUT2D eigenvalue weighted by Gasteiger charge is -2.09. The number of imidazole rings is 1. The monoisotopic (exact) mass is 378 g/mol. The lowest BCUT2D eigenvalue weighted by Crippen LogP contribution is -1.96. The van der Waals surface area contributed by atoms with E-state index in [1.54, 1.807) is 0 Å². The summed E-state index contributed by atoms with van der Waals surface area (Å²) in [6, 6.07) is 24.2. The number of rotatable bonds is 4. The summed E-state index contributed by atoms with van der Waals surface area (Å²) < 4.78 is 6.90. The summed E-state index contributed by atoms with van der Waals surface area (Å²) in [4.78, 5) is 8.00. The summed E-state index contributed by atoms with van der Waals surface area (Å²) in [5.41, 5.74) is 4.13. The predicted octanol–water partition coefficient (Wildman–Crippen LogP) is 5.57. The van der Waals surface area contributed by atoms with Crippen LogP contribution in [-0.4, -0.2) is 9.97 Å². The summed E-state index contributed by atoms with van der Waals surface area (Å²) in [6.45, 7) is 0.531. The van der Waals surface area contributed by atoms with E-state index in [1.165, 1.54) is 0 Å². The Hall–Kier alpha value is -2.59. The summed E-state index contributed by atoms with van der Waals surface area (Å²) in [6.07, 6.45) is 0. The molecule has 0 aliphatic rings. The van der Waals surface area contributed by atoms with Crippen LogP contribution in [-0.2, 0) is 6.61 Å². The van der Waals surface area contributed by atoms with Crippen molar-refractivity contribution in [2.75, 3.05) is 0 Å². The second kappa shape index (κ2) is 6.49. The molecular weight excluding hydrogens is 364 g/mol. The highest BCUT2D eigenvalue weighted by atomic mass is 79.9. The Bertz CT molecular complexity index is 946. The van der Waals surface area contributed by atoms with Gasteiger partial charge < -0.3 is 9.72 Å². The van der Waals surface area contributed by atoms with Gasteiger partial charge >= 0.3 is 0 Å². The van der Waals surface area contributed by atoms with Gasteiger partial charge in [0.05, 0.1) is 15.5 Å². The molecule has 0 atom stereocenters. The van der Waals surface area contributed by atoms with Crippen LogP contribution in [0.2, 0.25) is 0 Å². The van der Waals surface area contributed by atoms with Gasteiger partial charge in [-0.1, -0.05) is 42.5 Å². The van der Waals surface area contributed by atoms with Gasteiger partial charge in [-0.05, 0) is 51.8 Å². The van der Waals surface area contributed by atoms with Crippen molar-refractivity contribution in [1.29, 1.82) is 0 Å². The third-order valence-electron chi connectivity index (χ3n) is 3.83. The smallest absolute Gasteiger partial charge is 0.138 e. The van der Waals surface area contributed by atoms with Gasteiger partial charge in [0.1, 0.15) is 18.2 Å². The predicted molar refractivity (Wildman–Crippen MR) is 100 cm³/mol. The van der Waals surface area contributed by atoms with Crippen LogP contribution >= 0.6 is 15.9 Å². The molecule has 0 bridgehead atoms. The molecule has 24 heavy (non-hydrogen) atoms. The topological polar surface area (TPSA) is 37.9 Å². The minimum Gasteiger partial charge on any atom is -0.488 e. The van der Waals surface area contributed by atoms with Crippen molar-refractivity contribution in [2.24, 2.45) is 0 Å². The molecule has 0 amide bonds. The molecule has 0 saturated carbocycles. The zero-order valence-corrected chi connectivity index (χ0v) is 14.5. The molecule has 1 heterocycles. The Morgan fingerprint density at radius 1 is 0.917 bits per heavy atom. The number of para-hydroxylation sites is 2. The molecule has 1 N–H and O–H groups in total. The van der Waals surface area contributed by atoms with Crippen LogP contribution < -0.4 is 4.74 Å². The lowest BCUT2D eigenvalue weighted by atomic mass is 10.2. The van der Waals surface area contributed by atoms with E-state index in [9.17, 15) is 0 Å². The molecule has 4 heteroatoms. The van der Waals surface area contributed by atoms with Crippen LogP contribution in [0.15, 0.2) is 77.3 Å². The number of aromatic nitrogens is 2. The number of benzene rings is 3. The van der Waals surface area contributed by atoms with Crippen molar-refractivity contribution in [1.82, 2.24) is 9.97 Å². The third kappa shape index (κ3) is 3.05. The maximum Gasteiger partial charge on any atom is 0.138 e. The second-order valence-electron chi connectivity index (χ2n) is 5.52. The molecule has 0 fully saturated rings. The van der Waals surface area contributed by atoms with Gasteiger partial charge in [0, 0.05) is 5.56 Å². The Labute approximate surface area is 148 Å². The van der Waals surface area contributed by atoms with Crippen molar-refractivity contribution in [3.8, 4) is 17.1 Å². The Morgan fingerprint density at radius 2 is 1.71 bits per heavy atom. The molecule has 0 spiro atoms. The van der Waals surface area contributed by atoms with E-state index >= 15 is 0 Å². The maximum absolute atomic E-state index is 5.97. The van der Waals surface area contributed by atoms with E-state index in [0.717, 1.165) is 38.2 Å². The highest BCUT2D eigenvalue weighted by Gasteiger charge is 2.09. The van der Waals surface area contributed by atoms with Gasteiger partial charge in [0.25, 0.3) is 0 Å². The van der Waals surface area contributed by atoms with E-state index in [1.807, 2.05) is 60.7 Å². The van der Waals surface area contributed by atoms with Crippen molar-refractivity contribution >= 4 is 27.0 Å². The highest BCUT2D eigenvalue weighted by molar-refractivity contribution is 9.10. The molecule has 0 unspecified atom stereocenters. The van der Waals surface area contributed by atoms with E-state index in [2.05, 4.69) is 38.0 Å². The molecule has 1 aromatic heterocycles. The summed E-state index contributed by atoms with van der Waals surface area (Å²) >= 11 is 3.56. The van der Waals surface area contributed by atoms with Gasteiger partial charge in [-0.15, -0.1) is 0 Å². The fraction of sp³-hybridized carbons (Fsp3) is 0.0500. The first-order chi connectivity index (χ1) is 11.8. The fourth-order valence-electron chi connectivity index (χ4n) is 2.59. The molecular formula is C20H15BrN2O. The first-order valence-electron chi connectivity index (χ1n) is 7.71. The third-order valence-corrected chi connectivity index (χ3v) is 4.49. The standard InChI is InChI=1S/C20H15BrN2O/c21-16-11-10-15(20-22-17-8-4-5-9-18(17)23-20)12-19(16)24-13-14-6-2-1-3-7-14/h1-12H,13H2,(H,22,23). The summed E-state index contributed by atoms with van der Waals surface area (Å²) in [5, 5.41) is 0. The number of ether oxygens (including phenoxy) is 1. The van der Waals surface area contributed by atoms with Crippen LogP contribution in [0, 0.1) is 0 Å². The number of nitrogens with one attached hydrogen (secondary N) is 1. The summed E-state index contributed by atoms with van der Waals surface area (Å²) in [7, 11) is 0. The first kappa shape index (κ1) is 15.0. The number of nitrogens with zero attached hydrogens (tertiary/aromatic N) is 1. The van der Waals surface area contributed by atoms with E-state index in [4.69, 9.17) is 4.74 Å². The van der Waals surface area contributed by atoms with Gasteiger partial charge in [-0.25, -0.2) is 4.98 Å². The minimum absolute atomic E-state index is 0.531. The number of aromatic amines is 1. The molecule has 0 aliphatic heterocycles. The Morgan fingerprint density at radius 3 is 2.54 bits per heavy atom. The highest BCUT2D eigenvalue weighted by Crippen LogP contribution is 2.31. The Balaban J connectivity index is 1.63. The minimum atomic E-state index is 0.531. The van der Waals surface area contributed by atoms with Gasteiger partial charge in [-0.3, -0.25) is 0 Å². The van der Waals surface area contributed by atoms with Crippen LogP contribution in [0.25, 0.3) is 22.4 Å². The van der Waals surface area contributed by atoms with Crippen LogP contribution in [0.5, 0.6) is 5.75 Å². The molecule has 0 aliphatic carbocycles. The second-order valence-corrected chi connectivity index (χ2v) is 6.38. The molecule has 0 saturated heterocycles. The van der Waals surface area contributed by atoms with Gasteiger partial charge in [0.15, 0.2) is 0 Å². The molecule has 4 rings (SSSR count). The lowest BCUT2D eigenvalue weighted by molar-refractivity contribution is 0.304. The van der Waals surface area contributed by atoms with Gasteiger partial charge in [0.2, 0.25) is 0 Å². The number of fused-ring (bicyclic) bond motifs is 1.